The second-order valence-corrected chi connectivity index (χ2v) is 7.48. The molecule has 2 heterocycles. The average Bonchev–Trinajstić information content (AvgIpc) is 3.28. The van der Waals surface area contributed by atoms with Gasteiger partial charge in [-0.25, -0.2) is 0 Å². The van der Waals surface area contributed by atoms with Crippen LogP contribution in [0.4, 0.5) is 0 Å². The standard InChI is InChI=1S/C20H22N2O3S/c1-14(23)15-5-2-6-16(13-15)17-8-9-18(26-17)20(25)21-10-4-12-22-11-3-7-19(22)24/h2,5-6,8-9,13H,3-4,7,10-12H2,1H3,(H,21,25). The molecule has 6 heteroatoms. The normalized spacial score (nSPS) is 13.9. The number of nitrogens with one attached hydrogen (secondary N) is 1. The van der Waals surface area contributed by atoms with E-state index in [4.69, 9.17) is 0 Å². The van der Waals surface area contributed by atoms with Gasteiger partial charge in [-0.1, -0.05) is 18.2 Å². The van der Waals surface area contributed by atoms with Crippen LogP contribution in [-0.2, 0) is 4.79 Å². The number of amides is 2. The summed E-state index contributed by atoms with van der Waals surface area (Å²) in [5.74, 6) is 0.140. The Labute approximate surface area is 157 Å². The number of ketones is 1. The number of hydrogen-bond donors (Lipinski definition) is 1. The fourth-order valence-electron chi connectivity index (χ4n) is 3.01. The van der Waals surface area contributed by atoms with Crippen LogP contribution in [0.3, 0.4) is 0 Å². The van der Waals surface area contributed by atoms with Crippen LogP contribution in [0.25, 0.3) is 10.4 Å². The van der Waals surface area contributed by atoms with Crippen LogP contribution in [0.5, 0.6) is 0 Å². The molecule has 1 fully saturated rings. The van der Waals surface area contributed by atoms with Gasteiger partial charge in [-0.2, -0.15) is 0 Å². The Morgan fingerprint density at radius 2 is 2.08 bits per heavy atom. The summed E-state index contributed by atoms with van der Waals surface area (Å²) in [6.45, 7) is 3.63. The molecule has 1 aromatic carbocycles. The maximum Gasteiger partial charge on any atom is 0.261 e. The minimum Gasteiger partial charge on any atom is -0.351 e. The lowest BCUT2D eigenvalue weighted by atomic mass is 10.1. The van der Waals surface area contributed by atoms with Crippen molar-refractivity contribution in [1.82, 2.24) is 10.2 Å². The average molecular weight is 370 g/mol. The van der Waals surface area contributed by atoms with Crippen molar-refractivity contribution in [3.63, 3.8) is 0 Å². The minimum absolute atomic E-state index is 0.0258. The monoisotopic (exact) mass is 370 g/mol. The van der Waals surface area contributed by atoms with Crippen molar-refractivity contribution in [2.75, 3.05) is 19.6 Å². The number of Topliss-reactive ketones (excluding diaryl/α,β-unsaturated/α-hetero) is 1. The van der Waals surface area contributed by atoms with E-state index in [0.717, 1.165) is 29.8 Å². The topological polar surface area (TPSA) is 66.5 Å². The number of hydrogen-bond acceptors (Lipinski definition) is 4. The van der Waals surface area contributed by atoms with Crippen molar-refractivity contribution in [2.24, 2.45) is 0 Å². The van der Waals surface area contributed by atoms with Gasteiger partial charge in [0.15, 0.2) is 5.78 Å². The van der Waals surface area contributed by atoms with Crippen LogP contribution in [0.2, 0.25) is 0 Å². The van der Waals surface area contributed by atoms with Crippen LogP contribution in [0.1, 0.15) is 46.2 Å². The number of rotatable bonds is 7. The second kappa shape index (κ2) is 8.27. The summed E-state index contributed by atoms with van der Waals surface area (Å²) in [6.07, 6.45) is 2.35. The Kier molecular flexibility index (Phi) is 5.83. The number of thiophene rings is 1. The maximum absolute atomic E-state index is 12.3. The Balaban J connectivity index is 1.54. The van der Waals surface area contributed by atoms with E-state index in [2.05, 4.69) is 5.32 Å². The molecular weight excluding hydrogens is 348 g/mol. The predicted octanol–water partition coefficient (Wildman–Crippen LogP) is 3.36. The molecule has 3 rings (SSSR count). The number of likely N-dealkylation sites (tertiary alicyclic amines) is 1. The summed E-state index contributed by atoms with van der Waals surface area (Å²) in [6, 6.07) is 11.1. The molecule has 26 heavy (non-hydrogen) atoms. The van der Waals surface area contributed by atoms with E-state index >= 15 is 0 Å². The van der Waals surface area contributed by atoms with Crippen molar-refractivity contribution in [1.29, 1.82) is 0 Å². The Morgan fingerprint density at radius 1 is 1.23 bits per heavy atom. The van der Waals surface area contributed by atoms with Crippen molar-refractivity contribution < 1.29 is 14.4 Å². The molecule has 1 aliphatic rings. The fraction of sp³-hybridized carbons (Fsp3) is 0.350. The van der Waals surface area contributed by atoms with Gasteiger partial charge in [0.2, 0.25) is 5.91 Å². The molecule has 1 aromatic heterocycles. The van der Waals surface area contributed by atoms with Gasteiger partial charge in [-0.15, -0.1) is 11.3 Å². The molecule has 2 amide bonds. The van der Waals surface area contributed by atoms with Crippen molar-refractivity contribution in [3.05, 3.63) is 46.8 Å². The molecule has 0 saturated carbocycles. The van der Waals surface area contributed by atoms with Crippen LogP contribution in [0.15, 0.2) is 36.4 Å². The van der Waals surface area contributed by atoms with E-state index in [-0.39, 0.29) is 17.6 Å². The second-order valence-electron chi connectivity index (χ2n) is 6.39. The van der Waals surface area contributed by atoms with Crippen LogP contribution in [0, 0.1) is 0 Å². The summed E-state index contributed by atoms with van der Waals surface area (Å²) in [4.78, 5) is 38.8. The number of carbonyl (C=O) groups excluding carboxylic acids is 3. The summed E-state index contributed by atoms with van der Waals surface area (Å²) >= 11 is 1.41. The lowest BCUT2D eigenvalue weighted by Gasteiger charge is -2.15. The summed E-state index contributed by atoms with van der Waals surface area (Å²) in [7, 11) is 0. The number of nitrogens with zero attached hydrogens (tertiary/aromatic N) is 1. The third-order valence-electron chi connectivity index (χ3n) is 4.45. The first kappa shape index (κ1) is 18.3. The SMILES string of the molecule is CC(=O)c1cccc(-c2ccc(C(=O)NCCCN3CCCC3=O)s2)c1. The molecule has 1 saturated heterocycles. The number of benzene rings is 1. The molecule has 136 valence electrons. The van der Waals surface area contributed by atoms with Crippen molar-refractivity contribution in [2.45, 2.75) is 26.2 Å². The molecule has 0 bridgehead atoms. The molecule has 0 aliphatic carbocycles. The number of carbonyl (C=O) groups is 3. The first-order valence-corrected chi connectivity index (χ1v) is 9.63. The first-order chi connectivity index (χ1) is 12.5. The van der Waals surface area contributed by atoms with Gasteiger partial charge in [0.05, 0.1) is 4.88 Å². The van der Waals surface area contributed by atoms with Crippen molar-refractivity contribution >= 4 is 28.9 Å². The minimum atomic E-state index is -0.100. The predicted molar refractivity (Wildman–Crippen MR) is 103 cm³/mol. The molecule has 0 radical (unpaired) electrons. The lowest BCUT2D eigenvalue weighted by molar-refractivity contribution is -0.127. The largest absolute Gasteiger partial charge is 0.351 e. The van der Waals surface area contributed by atoms with E-state index in [1.54, 1.807) is 19.1 Å². The highest BCUT2D eigenvalue weighted by atomic mass is 32.1. The van der Waals surface area contributed by atoms with Gasteiger partial charge in [0.1, 0.15) is 0 Å². The molecule has 1 aliphatic heterocycles. The highest BCUT2D eigenvalue weighted by Crippen LogP contribution is 2.28. The molecule has 1 N–H and O–H groups in total. The highest BCUT2D eigenvalue weighted by Gasteiger charge is 2.19. The zero-order valence-electron chi connectivity index (χ0n) is 14.8. The summed E-state index contributed by atoms with van der Waals surface area (Å²) in [5.41, 5.74) is 1.60. The van der Waals surface area contributed by atoms with Crippen LogP contribution < -0.4 is 5.32 Å². The van der Waals surface area contributed by atoms with E-state index in [0.29, 0.717) is 30.0 Å². The summed E-state index contributed by atoms with van der Waals surface area (Å²) < 4.78 is 0. The molecule has 0 spiro atoms. The molecule has 2 aromatic rings. The quantitative estimate of drug-likeness (QED) is 0.600. The zero-order valence-corrected chi connectivity index (χ0v) is 15.6. The summed E-state index contributed by atoms with van der Waals surface area (Å²) in [5, 5.41) is 2.91. The molecule has 5 nitrogen and oxygen atoms in total. The highest BCUT2D eigenvalue weighted by molar-refractivity contribution is 7.17. The third kappa shape index (κ3) is 4.38. The van der Waals surface area contributed by atoms with E-state index in [9.17, 15) is 14.4 Å². The zero-order chi connectivity index (χ0) is 18.5. The first-order valence-electron chi connectivity index (χ1n) is 8.82. The maximum atomic E-state index is 12.3. The Hall–Kier alpha value is -2.47. The fourth-order valence-corrected chi connectivity index (χ4v) is 3.92. The van der Waals surface area contributed by atoms with Gasteiger partial charge >= 0.3 is 0 Å². The van der Waals surface area contributed by atoms with E-state index < -0.39 is 0 Å². The lowest BCUT2D eigenvalue weighted by Crippen LogP contribution is -2.30. The van der Waals surface area contributed by atoms with Gasteiger partial charge in [-0.3, -0.25) is 14.4 Å². The van der Waals surface area contributed by atoms with E-state index in [1.807, 2.05) is 29.2 Å². The van der Waals surface area contributed by atoms with Crippen molar-refractivity contribution in [3.8, 4) is 10.4 Å². The third-order valence-corrected chi connectivity index (χ3v) is 5.58. The van der Waals surface area contributed by atoms with E-state index in [1.165, 1.54) is 11.3 Å². The van der Waals surface area contributed by atoms with Crippen LogP contribution >= 0.6 is 11.3 Å². The molecule has 0 unspecified atom stereocenters. The van der Waals surface area contributed by atoms with Gasteiger partial charge in [-0.05, 0) is 43.5 Å². The Bertz CT molecular complexity index is 828. The van der Waals surface area contributed by atoms with Gasteiger partial charge < -0.3 is 10.2 Å². The van der Waals surface area contributed by atoms with Crippen LogP contribution in [-0.4, -0.2) is 42.1 Å². The smallest absolute Gasteiger partial charge is 0.261 e. The molecular formula is C20H22N2O3S. The molecule has 0 atom stereocenters. The van der Waals surface area contributed by atoms with Gasteiger partial charge in [0, 0.05) is 36.5 Å². The van der Waals surface area contributed by atoms with Gasteiger partial charge in [0.25, 0.3) is 5.91 Å². The Morgan fingerprint density at radius 3 is 2.81 bits per heavy atom.